The largest absolute Gasteiger partial charge is 0.329 e. The van der Waals surface area contributed by atoms with Crippen molar-refractivity contribution in [2.75, 3.05) is 13.6 Å². The van der Waals surface area contributed by atoms with Crippen LogP contribution in [0, 0.1) is 12.7 Å². The third kappa shape index (κ3) is 4.13. The molecule has 0 saturated carbocycles. The second-order valence-corrected chi connectivity index (χ2v) is 6.17. The smallest absolute Gasteiger partial charge is 0.124 e. The normalized spacial score (nSPS) is 12.7. The molecule has 0 aliphatic carbocycles. The van der Waals surface area contributed by atoms with Crippen LogP contribution in [0.25, 0.3) is 0 Å². The molecular formula is C17H20BrFN2. The standard InChI is InChI=1S/C17H20BrFN2/c1-12-3-5-13(6-4-12)11-21(2)17(10-20)15-8-7-14(19)9-16(15)18/h3-9,17H,10-11,20H2,1-2H3. The van der Waals surface area contributed by atoms with E-state index in [1.54, 1.807) is 6.07 Å². The Hall–Kier alpha value is -1.23. The molecule has 0 amide bonds. The molecular weight excluding hydrogens is 331 g/mol. The minimum atomic E-state index is -0.248. The summed E-state index contributed by atoms with van der Waals surface area (Å²) in [5.41, 5.74) is 9.43. The monoisotopic (exact) mass is 350 g/mol. The maximum atomic E-state index is 13.2. The van der Waals surface area contributed by atoms with Crippen molar-refractivity contribution in [1.29, 1.82) is 0 Å². The van der Waals surface area contributed by atoms with E-state index in [0.717, 1.165) is 16.6 Å². The van der Waals surface area contributed by atoms with E-state index in [-0.39, 0.29) is 11.9 Å². The van der Waals surface area contributed by atoms with Crippen molar-refractivity contribution < 1.29 is 4.39 Å². The van der Waals surface area contributed by atoms with Crippen LogP contribution in [-0.2, 0) is 6.54 Å². The van der Waals surface area contributed by atoms with Crippen molar-refractivity contribution in [1.82, 2.24) is 4.90 Å². The van der Waals surface area contributed by atoms with E-state index in [2.05, 4.69) is 52.0 Å². The Kier molecular flexibility index (Phi) is 5.51. The molecule has 2 aromatic carbocycles. The number of likely N-dealkylation sites (N-methyl/N-ethyl adjacent to an activating group) is 1. The van der Waals surface area contributed by atoms with E-state index in [9.17, 15) is 4.39 Å². The van der Waals surface area contributed by atoms with Crippen molar-refractivity contribution in [3.8, 4) is 0 Å². The van der Waals surface area contributed by atoms with E-state index in [1.807, 2.05) is 7.05 Å². The van der Waals surface area contributed by atoms with Gasteiger partial charge in [0.2, 0.25) is 0 Å². The molecule has 21 heavy (non-hydrogen) atoms. The summed E-state index contributed by atoms with van der Waals surface area (Å²) in [4.78, 5) is 2.18. The Morgan fingerprint density at radius 2 is 1.86 bits per heavy atom. The SMILES string of the molecule is Cc1ccc(CN(C)C(CN)c2ccc(F)cc2Br)cc1. The Balaban J connectivity index is 2.18. The average Bonchev–Trinajstić information content (AvgIpc) is 2.44. The Morgan fingerprint density at radius 3 is 2.43 bits per heavy atom. The number of benzene rings is 2. The molecule has 0 aliphatic rings. The molecule has 2 rings (SSSR count). The average molecular weight is 351 g/mol. The van der Waals surface area contributed by atoms with Gasteiger partial charge in [0.25, 0.3) is 0 Å². The molecule has 4 heteroatoms. The van der Waals surface area contributed by atoms with E-state index in [1.165, 1.54) is 23.3 Å². The lowest BCUT2D eigenvalue weighted by Gasteiger charge is -2.28. The van der Waals surface area contributed by atoms with Crippen LogP contribution in [-0.4, -0.2) is 18.5 Å². The summed E-state index contributed by atoms with van der Waals surface area (Å²) in [6.45, 7) is 3.35. The third-order valence-corrected chi connectivity index (χ3v) is 4.32. The maximum absolute atomic E-state index is 13.2. The molecule has 0 saturated heterocycles. The highest BCUT2D eigenvalue weighted by Crippen LogP contribution is 2.28. The summed E-state index contributed by atoms with van der Waals surface area (Å²) in [5.74, 6) is -0.248. The van der Waals surface area contributed by atoms with Gasteiger partial charge in [-0.05, 0) is 37.2 Å². The summed E-state index contributed by atoms with van der Waals surface area (Å²) >= 11 is 3.43. The molecule has 2 nitrogen and oxygen atoms in total. The number of nitrogens with two attached hydrogens (primary N) is 1. The van der Waals surface area contributed by atoms with Gasteiger partial charge < -0.3 is 5.73 Å². The number of rotatable bonds is 5. The molecule has 1 atom stereocenters. The number of hydrogen-bond donors (Lipinski definition) is 1. The number of aryl methyl sites for hydroxylation is 1. The fourth-order valence-electron chi connectivity index (χ4n) is 2.41. The van der Waals surface area contributed by atoms with Crippen molar-refractivity contribution >= 4 is 15.9 Å². The van der Waals surface area contributed by atoms with Crippen molar-refractivity contribution in [2.45, 2.75) is 19.5 Å². The van der Waals surface area contributed by atoms with Crippen LogP contribution < -0.4 is 5.73 Å². The van der Waals surface area contributed by atoms with Gasteiger partial charge in [-0.25, -0.2) is 4.39 Å². The first-order chi connectivity index (χ1) is 10.0. The Morgan fingerprint density at radius 1 is 1.19 bits per heavy atom. The predicted octanol–water partition coefficient (Wildman–Crippen LogP) is 4.03. The zero-order valence-corrected chi connectivity index (χ0v) is 13.9. The zero-order valence-electron chi connectivity index (χ0n) is 12.3. The van der Waals surface area contributed by atoms with Crippen LogP contribution >= 0.6 is 15.9 Å². The van der Waals surface area contributed by atoms with Gasteiger partial charge in [0, 0.05) is 23.6 Å². The van der Waals surface area contributed by atoms with Gasteiger partial charge in [0.15, 0.2) is 0 Å². The van der Waals surface area contributed by atoms with Crippen LogP contribution in [0.5, 0.6) is 0 Å². The summed E-state index contributed by atoms with van der Waals surface area (Å²) < 4.78 is 14.0. The molecule has 1 unspecified atom stereocenters. The van der Waals surface area contributed by atoms with Crippen molar-refractivity contribution in [3.05, 3.63) is 69.4 Å². The molecule has 0 bridgehead atoms. The molecule has 0 fully saturated rings. The summed E-state index contributed by atoms with van der Waals surface area (Å²) in [5, 5.41) is 0. The van der Waals surface area contributed by atoms with Gasteiger partial charge in [-0.2, -0.15) is 0 Å². The highest BCUT2D eigenvalue weighted by atomic mass is 79.9. The molecule has 0 aliphatic heterocycles. The van der Waals surface area contributed by atoms with Crippen LogP contribution in [0.3, 0.4) is 0 Å². The van der Waals surface area contributed by atoms with Gasteiger partial charge in [0.05, 0.1) is 0 Å². The highest BCUT2D eigenvalue weighted by Gasteiger charge is 2.18. The van der Waals surface area contributed by atoms with Crippen molar-refractivity contribution in [3.63, 3.8) is 0 Å². The van der Waals surface area contributed by atoms with E-state index < -0.39 is 0 Å². The van der Waals surface area contributed by atoms with Crippen LogP contribution in [0.4, 0.5) is 4.39 Å². The first kappa shape index (κ1) is 16.1. The summed E-state index contributed by atoms with van der Waals surface area (Å²) in [7, 11) is 2.03. The molecule has 0 heterocycles. The van der Waals surface area contributed by atoms with Gasteiger partial charge >= 0.3 is 0 Å². The molecule has 2 N–H and O–H groups in total. The number of nitrogens with zero attached hydrogens (tertiary/aromatic N) is 1. The second kappa shape index (κ2) is 7.16. The molecule has 112 valence electrons. The van der Waals surface area contributed by atoms with Crippen molar-refractivity contribution in [2.24, 2.45) is 5.73 Å². The minimum absolute atomic E-state index is 0.0429. The molecule has 0 radical (unpaired) electrons. The lowest BCUT2D eigenvalue weighted by molar-refractivity contribution is 0.241. The topological polar surface area (TPSA) is 29.3 Å². The van der Waals surface area contributed by atoms with Crippen LogP contribution in [0.15, 0.2) is 46.9 Å². The Bertz CT molecular complexity index is 598. The first-order valence-corrected chi connectivity index (χ1v) is 7.71. The summed E-state index contributed by atoms with van der Waals surface area (Å²) in [6.07, 6.45) is 0. The van der Waals surface area contributed by atoms with E-state index in [4.69, 9.17) is 5.73 Å². The van der Waals surface area contributed by atoms with Gasteiger partial charge in [-0.15, -0.1) is 0 Å². The zero-order chi connectivity index (χ0) is 15.4. The number of hydrogen-bond acceptors (Lipinski definition) is 2. The molecule has 0 aromatic heterocycles. The van der Waals surface area contributed by atoms with E-state index >= 15 is 0 Å². The highest BCUT2D eigenvalue weighted by molar-refractivity contribution is 9.10. The lowest BCUT2D eigenvalue weighted by Crippen LogP contribution is -2.30. The fraction of sp³-hybridized carbons (Fsp3) is 0.294. The first-order valence-electron chi connectivity index (χ1n) is 6.92. The minimum Gasteiger partial charge on any atom is -0.329 e. The quantitative estimate of drug-likeness (QED) is 0.881. The van der Waals surface area contributed by atoms with Crippen LogP contribution in [0.2, 0.25) is 0 Å². The molecule has 0 spiro atoms. The maximum Gasteiger partial charge on any atom is 0.124 e. The van der Waals surface area contributed by atoms with Gasteiger partial charge in [-0.1, -0.05) is 51.8 Å². The summed E-state index contributed by atoms with van der Waals surface area (Å²) in [6, 6.07) is 13.3. The lowest BCUT2D eigenvalue weighted by atomic mass is 10.0. The van der Waals surface area contributed by atoms with Gasteiger partial charge in [0.1, 0.15) is 5.82 Å². The van der Waals surface area contributed by atoms with Crippen LogP contribution in [0.1, 0.15) is 22.7 Å². The van der Waals surface area contributed by atoms with Gasteiger partial charge in [-0.3, -0.25) is 4.90 Å². The molecule has 2 aromatic rings. The predicted molar refractivity (Wildman–Crippen MR) is 88.5 cm³/mol. The third-order valence-electron chi connectivity index (χ3n) is 3.63. The number of halogens is 2. The second-order valence-electron chi connectivity index (χ2n) is 5.32. The van der Waals surface area contributed by atoms with E-state index in [0.29, 0.717) is 6.54 Å². The Labute approximate surface area is 133 Å². The fourth-order valence-corrected chi connectivity index (χ4v) is 3.02.